The zero-order valence-electron chi connectivity index (χ0n) is 16.8. The molecule has 1 saturated heterocycles. The van der Waals surface area contributed by atoms with Crippen LogP contribution in [0.15, 0.2) is 18.3 Å². The number of amides is 2. The summed E-state index contributed by atoms with van der Waals surface area (Å²) in [5, 5.41) is 2.89. The van der Waals surface area contributed by atoms with E-state index in [9.17, 15) is 18.0 Å². The van der Waals surface area contributed by atoms with E-state index >= 15 is 0 Å². The Morgan fingerprint density at radius 2 is 2.00 bits per heavy atom. The van der Waals surface area contributed by atoms with Crippen molar-refractivity contribution >= 4 is 21.8 Å². The van der Waals surface area contributed by atoms with Gasteiger partial charge in [0, 0.05) is 44.5 Å². The van der Waals surface area contributed by atoms with Crippen LogP contribution in [-0.2, 0) is 14.8 Å². The Hall–Kier alpha value is -2.20. The predicted molar refractivity (Wildman–Crippen MR) is 107 cm³/mol. The van der Waals surface area contributed by atoms with Gasteiger partial charge in [0.2, 0.25) is 21.8 Å². The van der Waals surface area contributed by atoms with Crippen molar-refractivity contribution in [2.24, 2.45) is 5.92 Å². The first kappa shape index (κ1) is 21.5. The topological polar surface area (TPSA) is 109 Å². The molecule has 9 nitrogen and oxygen atoms in total. The van der Waals surface area contributed by atoms with E-state index in [4.69, 9.17) is 4.74 Å². The summed E-state index contributed by atoms with van der Waals surface area (Å²) < 4.78 is 31.2. The van der Waals surface area contributed by atoms with Crippen LogP contribution in [0.3, 0.4) is 0 Å². The molecule has 1 aliphatic heterocycles. The summed E-state index contributed by atoms with van der Waals surface area (Å²) >= 11 is 0. The summed E-state index contributed by atoms with van der Waals surface area (Å²) in [6.45, 7) is 1.37. The van der Waals surface area contributed by atoms with Gasteiger partial charge < -0.3 is 15.0 Å². The summed E-state index contributed by atoms with van der Waals surface area (Å²) in [6, 6.07) is 2.96. The van der Waals surface area contributed by atoms with Crippen molar-refractivity contribution in [3.05, 3.63) is 23.9 Å². The summed E-state index contributed by atoms with van der Waals surface area (Å²) in [4.78, 5) is 31.3. The lowest BCUT2D eigenvalue weighted by Gasteiger charge is -2.30. The number of nitrogens with one attached hydrogen (secondary N) is 1. The monoisotopic (exact) mass is 424 g/mol. The standard InChI is InChI=1S/C19H28N4O5S/c1-28-17-8-7-14(13-21-17)19(25)22-10-4-11-23(29(2,26)27)16-6-3-5-15(16)18(24)20-9-12-22/h7-8,13,15-16H,3-6,9-12H2,1-2H3,(H,20,24)/t15-,16+/m1/s1. The zero-order chi connectivity index (χ0) is 21.0. The van der Waals surface area contributed by atoms with E-state index in [0.29, 0.717) is 50.3 Å². The van der Waals surface area contributed by atoms with Crippen LogP contribution in [0.25, 0.3) is 0 Å². The third kappa shape index (κ3) is 5.05. The minimum Gasteiger partial charge on any atom is -0.481 e. The molecule has 29 heavy (non-hydrogen) atoms. The van der Waals surface area contributed by atoms with Crippen LogP contribution in [-0.4, -0.2) is 80.0 Å². The van der Waals surface area contributed by atoms with Crippen molar-refractivity contribution in [3.8, 4) is 5.88 Å². The van der Waals surface area contributed by atoms with E-state index in [1.165, 1.54) is 23.9 Å². The molecule has 2 atom stereocenters. The molecule has 1 saturated carbocycles. The van der Waals surface area contributed by atoms with Crippen molar-refractivity contribution in [2.75, 3.05) is 39.5 Å². The van der Waals surface area contributed by atoms with Crippen molar-refractivity contribution in [1.82, 2.24) is 19.5 Å². The van der Waals surface area contributed by atoms with Gasteiger partial charge in [-0.25, -0.2) is 13.4 Å². The van der Waals surface area contributed by atoms with Crippen LogP contribution >= 0.6 is 0 Å². The van der Waals surface area contributed by atoms with Crippen molar-refractivity contribution in [2.45, 2.75) is 31.7 Å². The van der Waals surface area contributed by atoms with Crippen LogP contribution < -0.4 is 10.1 Å². The van der Waals surface area contributed by atoms with Gasteiger partial charge >= 0.3 is 0 Å². The maximum atomic E-state index is 12.9. The fraction of sp³-hybridized carbons (Fsp3) is 0.632. The fourth-order valence-corrected chi connectivity index (χ4v) is 5.36. The molecular formula is C19H28N4O5S. The zero-order valence-corrected chi connectivity index (χ0v) is 17.7. The van der Waals surface area contributed by atoms with Gasteiger partial charge in [-0.05, 0) is 25.3 Å². The Morgan fingerprint density at radius 1 is 1.21 bits per heavy atom. The first-order valence-corrected chi connectivity index (χ1v) is 11.7. The van der Waals surface area contributed by atoms with E-state index in [0.717, 1.165) is 6.42 Å². The van der Waals surface area contributed by atoms with Crippen LogP contribution in [0.4, 0.5) is 0 Å². The van der Waals surface area contributed by atoms with Gasteiger partial charge in [-0.3, -0.25) is 9.59 Å². The molecule has 1 aromatic rings. The summed E-state index contributed by atoms with van der Waals surface area (Å²) in [6.07, 6.45) is 5.35. The molecule has 2 amide bonds. The number of rotatable bonds is 3. The molecule has 2 heterocycles. The Balaban J connectivity index is 1.78. The lowest BCUT2D eigenvalue weighted by atomic mass is 10.0. The third-order valence-corrected chi connectivity index (χ3v) is 6.88. The van der Waals surface area contributed by atoms with Crippen LogP contribution in [0.5, 0.6) is 5.88 Å². The van der Waals surface area contributed by atoms with Crippen LogP contribution in [0, 0.1) is 5.92 Å². The SMILES string of the molecule is COc1ccc(C(=O)N2CCCN(S(C)(=O)=O)[C@H]3CCC[C@H]3C(=O)NCC2)cn1. The maximum Gasteiger partial charge on any atom is 0.255 e. The molecule has 0 bridgehead atoms. The highest BCUT2D eigenvalue weighted by Crippen LogP contribution is 2.32. The first-order chi connectivity index (χ1) is 13.8. The number of sulfonamides is 1. The largest absolute Gasteiger partial charge is 0.481 e. The highest BCUT2D eigenvalue weighted by molar-refractivity contribution is 7.88. The quantitative estimate of drug-likeness (QED) is 0.756. The normalized spacial score (nSPS) is 24.3. The number of aromatic nitrogens is 1. The Labute approximate surface area is 171 Å². The number of methoxy groups -OCH3 is 1. The maximum absolute atomic E-state index is 12.9. The molecule has 0 aromatic carbocycles. The number of pyridine rings is 1. The van der Waals surface area contributed by atoms with Crippen LogP contribution in [0.2, 0.25) is 0 Å². The number of carbonyl (C=O) groups is 2. The lowest BCUT2D eigenvalue weighted by molar-refractivity contribution is -0.125. The molecule has 2 aliphatic rings. The molecule has 0 radical (unpaired) electrons. The van der Waals surface area contributed by atoms with Gasteiger partial charge in [-0.1, -0.05) is 6.42 Å². The molecule has 2 fully saturated rings. The Bertz CT molecular complexity index is 843. The predicted octanol–water partition coefficient (Wildman–Crippen LogP) is 0.483. The number of hydrogen-bond donors (Lipinski definition) is 1. The molecule has 0 unspecified atom stereocenters. The minimum atomic E-state index is -3.45. The highest BCUT2D eigenvalue weighted by Gasteiger charge is 2.40. The Morgan fingerprint density at radius 3 is 2.66 bits per heavy atom. The summed E-state index contributed by atoms with van der Waals surface area (Å²) in [5.74, 6) is -0.263. The van der Waals surface area contributed by atoms with Gasteiger partial charge in [0.05, 0.1) is 24.8 Å². The molecular weight excluding hydrogens is 396 g/mol. The van der Waals surface area contributed by atoms with Gasteiger partial charge in [-0.2, -0.15) is 4.31 Å². The second-order valence-electron chi connectivity index (χ2n) is 7.50. The molecule has 160 valence electrons. The molecule has 1 aliphatic carbocycles. The van der Waals surface area contributed by atoms with Crippen molar-refractivity contribution < 1.29 is 22.7 Å². The van der Waals surface area contributed by atoms with E-state index in [1.54, 1.807) is 17.0 Å². The third-order valence-electron chi connectivity index (χ3n) is 5.58. The van der Waals surface area contributed by atoms with Gasteiger partial charge in [0.1, 0.15) is 0 Å². The number of nitrogens with zero attached hydrogens (tertiary/aromatic N) is 3. The number of hydrogen-bond acceptors (Lipinski definition) is 6. The molecule has 3 rings (SSSR count). The lowest BCUT2D eigenvalue weighted by Crippen LogP contribution is -2.47. The minimum absolute atomic E-state index is 0.137. The Kier molecular flexibility index (Phi) is 6.74. The average molecular weight is 425 g/mol. The van der Waals surface area contributed by atoms with E-state index in [-0.39, 0.29) is 30.3 Å². The molecule has 0 spiro atoms. The number of ether oxygens (including phenoxy) is 1. The summed E-state index contributed by atoms with van der Waals surface area (Å²) in [5.41, 5.74) is 0.420. The first-order valence-electron chi connectivity index (χ1n) is 9.85. The molecule has 10 heteroatoms. The van der Waals surface area contributed by atoms with E-state index in [2.05, 4.69) is 10.3 Å². The van der Waals surface area contributed by atoms with Gasteiger partial charge in [-0.15, -0.1) is 0 Å². The van der Waals surface area contributed by atoms with Crippen molar-refractivity contribution in [3.63, 3.8) is 0 Å². The number of fused-ring (bicyclic) bond motifs is 1. The average Bonchev–Trinajstić information content (AvgIpc) is 3.16. The van der Waals surface area contributed by atoms with Crippen molar-refractivity contribution in [1.29, 1.82) is 0 Å². The second kappa shape index (κ2) is 9.08. The van der Waals surface area contributed by atoms with E-state index < -0.39 is 10.0 Å². The molecule has 1 aromatic heterocycles. The van der Waals surface area contributed by atoms with Gasteiger partial charge in [0.15, 0.2) is 0 Å². The fourth-order valence-electron chi connectivity index (χ4n) is 4.16. The highest BCUT2D eigenvalue weighted by atomic mass is 32.2. The summed E-state index contributed by atoms with van der Waals surface area (Å²) in [7, 11) is -1.95. The smallest absolute Gasteiger partial charge is 0.255 e. The van der Waals surface area contributed by atoms with Gasteiger partial charge in [0.25, 0.3) is 5.91 Å². The number of carbonyl (C=O) groups excluding carboxylic acids is 2. The van der Waals surface area contributed by atoms with Crippen LogP contribution in [0.1, 0.15) is 36.0 Å². The molecule has 1 N–H and O–H groups in total. The second-order valence-corrected chi connectivity index (χ2v) is 9.44. The van der Waals surface area contributed by atoms with E-state index in [1.807, 2.05) is 0 Å².